The summed E-state index contributed by atoms with van der Waals surface area (Å²) in [5.74, 6) is -0.813. The van der Waals surface area contributed by atoms with Gasteiger partial charge in [-0.3, -0.25) is 4.98 Å². The summed E-state index contributed by atoms with van der Waals surface area (Å²) in [6, 6.07) is 6.13. The normalized spacial score (nSPS) is 11.9. The van der Waals surface area contributed by atoms with E-state index in [0.29, 0.717) is 27.7 Å². The van der Waals surface area contributed by atoms with E-state index < -0.39 is 5.82 Å². The lowest BCUT2D eigenvalue weighted by Gasteiger charge is -2.18. The van der Waals surface area contributed by atoms with Crippen LogP contribution in [0.25, 0.3) is 11.4 Å². The fraction of sp³-hybridized carbons (Fsp3) is 0.167. The summed E-state index contributed by atoms with van der Waals surface area (Å²) in [6.07, 6.45) is 2.98. The van der Waals surface area contributed by atoms with E-state index in [4.69, 9.17) is 11.6 Å². The molecule has 0 unspecified atom stereocenters. The van der Waals surface area contributed by atoms with Gasteiger partial charge in [0.15, 0.2) is 0 Å². The first-order chi connectivity index (χ1) is 11.3. The van der Waals surface area contributed by atoms with Crippen LogP contribution >= 0.6 is 23.4 Å². The Morgan fingerprint density at radius 2 is 2.00 bits per heavy atom. The zero-order valence-corrected chi connectivity index (χ0v) is 15.2. The summed E-state index contributed by atoms with van der Waals surface area (Å²) in [6.45, 7) is 7.36. The number of hydrogen-bond acceptors (Lipinski definition) is 3. The van der Waals surface area contributed by atoms with Crippen molar-refractivity contribution in [2.45, 2.75) is 18.7 Å². The van der Waals surface area contributed by atoms with Crippen molar-refractivity contribution in [2.24, 2.45) is 0 Å². The second-order valence-corrected chi connectivity index (χ2v) is 6.62. The average molecular weight is 367 g/mol. The molecule has 2 aromatic rings. The molecule has 0 saturated heterocycles. The number of pyridine rings is 1. The van der Waals surface area contributed by atoms with Gasteiger partial charge in [-0.15, -0.1) is 11.8 Å². The van der Waals surface area contributed by atoms with Crippen LogP contribution in [0.4, 0.5) is 8.78 Å². The molecule has 0 atom stereocenters. The fourth-order valence-electron chi connectivity index (χ4n) is 2.24. The molecule has 0 aliphatic carbocycles. The van der Waals surface area contributed by atoms with E-state index in [1.165, 1.54) is 30.0 Å². The summed E-state index contributed by atoms with van der Waals surface area (Å²) in [5.41, 5.74) is 2.39. The molecule has 2 nitrogen and oxygen atoms in total. The van der Waals surface area contributed by atoms with Crippen LogP contribution in [-0.4, -0.2) is 11.2 Å². The predicted molar refractivity (Wildman–Crippen MR) is 97.7 cm³/mol. The molecule has 126 valence electrons. The monoisotopic (exact) mass is 366 g/mol. The van der Waals surface area contributed by atoms with Gasteiger partial charge >= 0.3 is 0 Å². The van der Waals surface area contributed by atoms with Crippen LogP contribution in [-0.2, 0) is 0 Å². The predicted octanol–water partition coefficient (Wildman–Crippen LogP) is 5.58. The summed E-state index contributed by atoms with van der Waals surface area (Å²) < 4.78 is 27.6. The summed E-state index contributed by atoms with van der Waals surface area (Å²) >= 11 is 7.64. The van der Waals surface area contributed by atoms with Crippen molar-refractivity contribution in [1.29, 1.82) is 0 Å². The molecule has 0 bridgehead atoms. The van der Waals surface area contributed by atoms with E-state index in [-0.39, 0.29) is 5.82 Å². The second kappa shape index (κ2) is 7.81. The van der Waals surface area contributed by atoms with Crippen LogP contribution in [0, 0.1) is 18.6 Å². The van der Waals surface area contributed by atoms with E-state index in [1.807, 2.05) is 19.2 Å². The van der Waals surface area contributed by atoms with Crippen LogP contribution in [0.3, 0.4) is 0 Å². The summed E-state index contributed by atoms with van der Waals surface area (Å²) in [4.78, 5) is 4.79. The van der Waals surface area contributed by atoms with Gasteiger partial charge in [-0.05, 0) is 49.9 Å². The number of aryl methyl sites for hydroxylation is 1. The van der Waals surface area contributed by atoms with Gasteiger partial charge in [0.25, 0.3) is 0 Å². The Morgan fingerprint density at radius 3 is 2.50 bits per heavy atom. The molecule has 2 rings (SSSR count). The molecule has 6 heteroatoms. The fourth-order valence-corrected chi connectivity index (χ4v) is 2.89. The van der Waals surface area contributed by atoms with Crippen LogP contribution in [0.15, 0.2) is 47.0 Å². The maximum Gasteiger partial charge on any atom is 0.141 e. The molecule has 1 heterocycles. The van der Waals surface area contributed by atoms with Crippen molar-refractivity contribution in [2.75, 3.05) is 6.26 Å². The highest BCUT2D eigenvalue weighted by Gasteiger charge is 2.16. The quantitative estimate of drug-likeness (QED) is 0.699. The zero-order chi connectivity index (χ0) is 17.9. The molecule has 1 aromatic carbocycles. The van der Waals surface area contributed by atoms with Crippen molar-refractivity contribution >= 4 is 34.8 Å². The van der Waals surface area contributed by atoms with Crippen molar-refractivity contribution in [3.05, 3.63) is 70.5 Å². The Bertz CT molecular complexity index is 774. The zero-order valence-electron chi connectivity index (χ0n) is 13.6. The van der Waals surface area contributed by atoms with Crippen LogP contribution in [0.5, 0.6) is 0 Å². The van der Waals surface area contributed by atoms with Crippen LogP contribution < -0.4 is 5.32 Å². The largest absolute Gasteiger partial charge is 0.353 e. The molecule has 0 saturated carbocycles. The minimum atomic E-state index is -0.439. The molecule has 0 radical (unpaired) electrons. The third-order valence-corrected chi connectivity index (χ3v) is 4.30. The Kier molecular flexibility index (Phi) is 6.02. The lowest BCUT2D eigenvalue weighted by atomic mass is 10.0. The van der Waals surface area contributed by atoms with Gasteiger partial charge < -0.3 is 5.32 Å². The van der Waals surface area contributed by atoms with Gasteiger partial charge in [0.1, 0.15) is 11.6 Å². The van der Waals surface area contributed by atoms with E-state index in [2.05, 4.69) is 16.9 Å². The number of thioether (sulfide) groups is 1. The van der Waals surface area contributed by atoms with Crippen molar-refractivity contribution in [1.82, 2.24) is 10.3 Å². The number of benzene rings is 1. The minimum Gasteiger partial charge on any atom is -0.353 e. The lowest BCUT2D eigenvalue weighted by Crippen LogP contribution is -2.14. The van der Waals surface area contributed by atoms with Crippen LogP contribution in [0.2, 0.25) is 0 Å². The maximum absolute atomic E-state index is 14.6. The number of nitrogens with one attached hydrogen (secondary N) is 1. The van der Waals surface area contributed by atoms with Gasteiger partial charge in [-0.2, -0.15) is 0 Å². The van der Waals surface area contributed by atoms with Gasteiger partial charge in [0, 0.05) is 15.5 Å². The number of nitrogens with zero attached hydrogens (tertiary/aromatic N) is 1. The Balaban J connectivity index is 2.40. The van der Waals surface area contributed by atoms with Crippen molar-refractivity contribution in [3.8, 4) is 0 Å². The molecule has 0 amide bonds. The van der Waals surface area contributed by atoms with E-state index >= 15 is 0 Å². The second-order valence-electron chi connectivity index (χ2n) is 5.17. The lowest BCUT2D eigenvalue weighted by molar-refractivity contribution is 0.617. The van der Waals surface area contributed by atoms with Crippen LogP contribution in [0.1, 0.15) is 23.7 Å². The number of halogens is 3. The summed E-state index contributed by atoms with van der Waals surface area (Å²) in [7, 11) is 0. The number of aromatic nitrogens is 1. The molecule has 0 aliphatic rings. The first-order valence-electron chi connectivity index (χ1n) is 7.12. The standard InChI is InChI=1S/C18H17ClF2N2S/c1-10-7-14(24-4)8-15(21)17(10)18(11(2)19)23-12(3)16-6-5-13(20)9-22-16/h5-9,23H,3H2,1-2,4H3/b18-11+. The molecule has 0 aliphatic heterocycles. The number of hydrogen-bond donors (Lipinski definition) is 1. The average Bonchev–Trinajstić information content (AvgIpc) is 2.53. The SMILES string of the molecule is C=C(N/C(=C(\C)Cl)c1c(C)cc(SC)cc1F)c1ccc(F)cn1. The summed E-state index contributed by atoms with van der Waals surface area (Å²) in [5, 5.41) is 3.40. The van der Waals surface area contributed by atoms with E-state index in [0.717, 1.165) is 16.7 Å². The highest BCUT2D eigenvalue weighted by Crippen LogP contribution is 2.30. The number of allylic oxidation sites excluding steroid dienone is 1. The first-order valence-corrected chi connectivity index (χ1v) is 8.72. The van der Waals surface area contributed by atoms with E-state index in [9.17, 15) is 8.78 Å². The Hall–Kier alpha value is -1.85. The van der Waals surface area contributed by atoms with Gasteiger partial charge in [0.2, 0.25) is 0 Å². The minimum absolute atomic E-state index is 0.373. The van der Waals surface area contributed by atoms with E-state index in [1.54, 1.807) is 6.92 Å². The maximum atomic E-state index is 14.6. The molecule has 0 spiro atoms. The third-order valence-electron chi connectivity index (χ3n) is 3.40. The Labute approximate surface area is 149 Å². The van der Waals surface area contributed by atoms with Crippen molar-refractivity contribution in [3.63, 3.8) is 0 Å². The van der Waals surface area contributed by atoms with Gasteiger partial charge in [-0.1, -0.05) is 18.2 Å². The highest BCUT2D eigenvalue weighted by atomic mass is 35.5. The number of rotatable bonds is 5. The molecule has 24 heavy (non-hydrogen) atoms. The van der Waals surface area contributed by atoms with Gasteiger partial charge in [0.05, 0.1) is 23.3 Å². The molecular weight excluding hydrogens is 350 g/mol. The van der Waals surface area contributed by atoms with Crippen molar-refractivity contribution < 1.29 is 8.78 Å². The third kappa shape index (κ3) is 4.16. The Morgan fingerprint density at radius 1 is 1.29 bits per heavy atom. The molecular formula is C18H17ClF2N2S. The highest BCUT2D eigenvalue weighted by molar-refractivity contribution is 7.98. The molecule has 1 N–H and O–H groups in total. The van der Waals surface area contributed by atoms with Gasteiger partial charge in [-0.25, -0.2) is 8.78 Å². The first kappa shape index (κ1) is 18.5. The smallest absolute Gasteiger partial charge is 0.141 e. The topological polar surface area (TPSA) is 24.9 Å². The molecule has 0 fully saturated rings. The molecule has 1 aromatic heterocycles.